The molecule has 2 aromatic carbocycles. The standard InChI is InChI=1S/C19H16N4O4S/c1-27-12-8-6-11(7-9-12)16-18(26)21-17-13-4-2-3-5-14(13)20-19(23(17)22-16)28-10-15(24)25/h2-9,19-20H,10H2,1H3,(H,24,25)/t19-/m0/s1. The number of aliphatic carboxylic acids is 1. The van der Waals surface area contributed by atoms with Gasteiger partial charge >= 0.3 is 5.97 Å². The first-order valence-electron chi connectivity index (χ1n) is 8.41. The van der Waals surface area contributed by atoms with Crippen LogP contribution in [0.1, 0.15) is 5.50 Å². The van der Waals surface area contributed by atoms with Crippen molar-refractivity contribution >= 4 is 23.4 Å². The van der Waals surface area contributed by atoms with Gasteiger partial charge in [0.15, 0.2) is 17.0 Å². The summed E-state index contributed by atoms with van der Waals surface area (Å²) in [6, 6.07) is 14.4. The highest BCUT2D eigenvalue weighted by Gasteiger charge is 2.27. The summed E-state index contributed by atoms with van der Waals surface area (Å²) in [6.45, 7) is 0. The minimum absolute atomic E-state index is 0.120. The SMILES string of the molecule is COc1ccc(-c2nn3c(nc2=O)-c2ccccc2N[C@@H]3SCC(=O)O)cc1. The second-order valence-corrected chi connectivity index (χ2v) is 7.08. The van der Waals surface area contributed by atoms with Gasteiger partial charge in [0.05, 0.1) is 12.9 Å². The molecule has 0 bridgehead atoms. The molecule has 2 N–H and O–H groups in total. The van der Waals surface area contributed by atoms with Crippen LogP contribution in [0.2, 0.25) is 0 Å². The predicted octanol–water partition coefficient (Wildman–Crippen LogP) is 2.68. The lowest BCUT2D eigenvalue weighted by atomic mass is 10.1. The van der Waals surface area contributed by atoms with Crippen molar-refractivity contribution in [2.45, 2.75) is 5.50 Å². The molecule has 3 aromatic rings. The van der Waals surface area contributed by atoms with Crippen LogP contribution in [-0.4, -0.2) is 38.7 Å². The van der Waals surface area contributed by atoms with Gasteiger partial charge in [-0.05, 0) is 36.4 Å². The highest BCUT2D eigenvalue weighted by atomic mass is 32.2. The largest absolute Gasteiger partial charge is 0.497 e. The normalized spacial score (nSPS) is 14.5. The molecule has 0 aliphatic carbocycles. The summed E-state index contributed by atoms with van der Waals surface area (Å²) in [7, 11) is 1.57. The van der Waals surface area contributed by atoms with Crippen molar-refractivity contribution in [2.24, 2.45) is 0 Å². The molecular weight excluding hydrogens is 380 g/mol. The van der Waals surface area contributed by atoms with Crippen LogP contribution in [0, 0.1) is 0 Å². The van der Waals surface area contributed by atoms with E-state index < -0.39 is 17.0 Å². The number of carboxylic acids is 1. The third-order valence-corrected chi connectivity index (χ3v) is 5.28. The molecule has 0 spiro atoms. The van der Waals surface area contributed by atoms with E-state index in [-0.39, 0.29) is 11.4 Å². The average molecular weight is 396 g/mol. The number of ether oxygens (including phenoxy) is 1. The fraction of sp³-hybridized carbons (Fsp3) is 0.158. The Balaban J connectivity index is 1.84. The Morgan fingerprint density at radius 1 is 1.25 bits per heavy atom. The maximum absolute atomic E-state index is 12.7. The quantitative estimate of drug-likeness (QED) is 0.678. The molecule has 142 valence electrons. The molecule has 0 radical (unpaired) electrons. The minimum atomic E-state index is -0.934. The van der Waals surface area contributed by atoms with Gasteiger partial charge in [-0.15, -0.1) is 11.8 Å². The van der Waals surface area contributed by atoms with Crippen LogP contribution in [0.4, 0.5) is 5.69 Å². The van der Waals surface area contributed by atoms with Gasteiger partial charge in [0, 0.05) is 16.8 Å². The first kappa shape index (κ1) is 18.1. The van der Waals surface area contributed by atoms with E-state index in [1.165, 1.54) is 0 Å². The van der Waals surface area contributed by atoms with Crippen LogP contribution in [-0.2, 0) is 4.79 Å². The van der Waals surface area contributed by atoms with Gasteiger partial charge in [0.2, 0.25) is 0 Å². The van der Waals surface area contributed by atoms with Crippen LogP contribution < -0.4 is 15.6 Å². The van der Waals surface area contributed by atoms with Crippen molar-refractivity contribution in [1.29, 1.82) is 0 Å². The number of anilines is 1. The Bertz CT molecular complexity index is 1100. The molecule has 8 nitrogen and oxygen atoms in total. The van der Waals surface area contributed by atoms with E-state index in [1.807, 2.05) is 24.3 Å². The van der Waals surface area contributed by atoms with Gasteiger partial charge in [-0.2, -0.15) is 10.1 Å². The maximum atomic E-state index is 12.7. The lowest BCUT2D eigenvalue weighted by Crippen LogP contribution is -2.30. The second-order valence-electron chi connectivity index (χ2n) is 6.01. The van der Waals surface area contributed by atoms with E-state index in [4.69, 9.17) is 9.84 Å². The lowest BCUT2D eigenvalue weighted by Gasteiger charge is -2.29. The third-order valence-electron chi connectivity index (χ3n) is 4.23. The van der Waals surface area contributed by atoms with Gasteiger partial charge in [0.1, 0.15) is 5.75 Å². The van der Waals surface area contributed by atoms with E-state index in [0.29, 0.717) is 17.1 Å². The molecule has 1 aliphatic rings. The number of methoxy groups -OCH3 is 1. The van der Waals surface area contributed by atoms with Crippen LogP contribution >= 0.6 is 11.8 Å². The average Bonchev–Trinajstić information content (AvgIpc) is 2.71. The van der Waals surface area contributed by atoms with E-state index >= 15 is 0 Å². The highest BCUT2D eigenvalue weighted by Crippen LogP contribution is 2.38. The topological polar surface area (TPSA) is 106 Å². The summed E-state index contributed by atoms with van der Waals surface area (Å²) in [4.78, 5) is 28.0. The third kappa shape index (κ3) is 3.31. The number of para-hydroxylation sites is 1. The van der Waals surface area contributed by atoms with Gasteiger partial charge in [-0.25, -0.2) is 4.68 Å². The highest BCUT2D eigenvalue weighted by molar-refractivity contribution is 8.00. The summed E-state index contributed by atoms with van der Waals surface area (Å²) < 4.78 is 6.71. The van der Waals surface area contributed by atoms with Crippen LogP contribution in [0.3, 0.4) is 0 Å². The molecule has 0 amide bonds. The molecule has 0 saturated heterocycles. The first-order valence-corrected chi connectivity index (χ1v) is 9.46. The van der Waals surface area contributed by atoms with Crippen molar-refractivity contribution in [3.8, 4) is 28.4 Å². The van der Waals surface area contributed by atoms with E-state index in [2.05, 4.69) is 15.4 Å². The zero-order valence-electron chi connectivity index (χ0n) is 14.8. The molecule has 9 heteroatoms. The molecule has 2 heterocycles. The predicted molar refractivity (Wildman–Crippen MR) is 106 cm³/mol. The smallest absolute Gasteiger partial charge is 0.313 e. The summed E-state index contributed by atoms with van der Waals surface area (Å²) in [6.07, 6.45) is 0. The molecule has 0 unspecified atom stereocenters. The Kier molecular flexibility index (Phi) is 4.74. The molecule has 4 rings (SSSR count). The Labute approximate surface area is 164 Å². The number of nitrogens with zero attached hydrogens (tertiary/aromatic N) is 3. The number of benzene rings is 2. The molecule has 1 aromatic heterocycles. The van der Waals surface area contributed by atoms with Crippen molar-refractivity contribution < 1.29 is 14.6 Å². The first-order chi connectivity index (χ1) is 13.6. The van der Waals surface area contributed by atoms with E-state index in [1.54, 1.807) is 36.1 Å². The number of hydrogen-bond acceptors (Lipinski definition) is 7. The van der Waals surface area contributed by atoms with Crippen LogP contribution in [0.25, 0.3) is 22.6 Å². The van der Waals surface area contributed by atoms with Crippen molar-refractivity contribution in [3.05, 3.63) is 58.9 Å². The van der Waals surface area contributed by atoms with Gasteiger partial charge in [0.25, 0.3) is 5.56 Å². The van der Waals surface area contributed by atoms with Crippen LogP contribution in [0.15, 0.2) is 53.3 Å². The van der Waals surface area contributed by atoms with E-state index in [9.17, 15) is 9.59 Å². The van der Waals surface area contributed by atoms with Crippen molar-refractivity contribution in [3.63, 3.8) is 0 Å². The maximum Gasteiger partial charge on any atom is 0.313 e. The van der Waals surface area contributed by atoms with E-state index in [0.717, 1.165) is 23.0 Å². The molecule has 0 fully saturated rings. The zero-order valence-corrected chi connectivity index (χ0v) is 15.6. The fourth-order valence-electron chi connectivity index (χ4n) is 2.94. The molecular formula is C19H16N4O4S. The van der Waals surface area contributed by atoms with Crippen molar-refractivity contribution in [2.75, 3.05) is 18.2 Å². The number of nitrogens with one attached hydrogen (secondary N) is 1. The number of carboxylic acid groups (broad SMARTS) is 1. The number of thioether (sulfide) groups is 1. The summed E-state index contributed by atoms with van der Waals surface area (Å²) >= 11 is 1.16. The Morgan fingerprint density at radius 3 is 2.71 bits per heavy atom. The molecule has 1 atom stereocenters. The zero-order chi connectivity index (χ0) is 19.7. The number of hydrogen-bond donors (Lipinski definition) is 2. The van der Waals surface area contributed by atoms with Gasteiger partial charge < -0.3 is 15.2 Å². The minimum Gasteiger partial charge on any atom is -0.497 e. The fourth-order valence-corrected chi connectivity index (χ4v) is 3.74. The van der Waals surface area contributed by atoms with Crippen molar-refractivity contribution in [1.82, 2.24) is 14.8 Å². The number of aromatic nitrogens is 3. The van der Waals surface area contributed by atoms with Gasteiger partial charge in [-0.3, -0.25) is 9.59 Å². The molecule has 1 aliphatic heterocycles. The molecule has 0 saturated carbocycles. The summed E-state index contributed by atoms with van der Waals surface area (Å²) in [5, 5.41) is 16.8. The van der Waals surface area contributed by atoms with Gasteiger partial charge in [-0.1, -0.05) is 12.1 Å². The van der Waals surface area contributed by atoms with Crippen LogP contribution in [0.5, 0.6) is 5.75 Å². The monoisotopic (exact) mass is 396 g/mol. The number of rotatable bonds is 5. The second kappa shape index (κ2) is 7.35. The summed E-state index contributed by atoms with van der Waals surface area (Å²) in [5.41, 5.74) is 1.35. The number of fused-ring (bicyclic) bond motifs is 3. The molecule has 28 heavy (non-hydrogen) atoms. The Morgan fingerprint density at radius 2 is 2.00 bits per heavy atom. The Hall–Kier alpha value is -3.33. The summed E-state index contributed by atoms with van der Waals surface area (Å²) in [5.74, 6) is 0.0154. The number of carbonyl (C=O) groups is 1. The lowest BCUT2D eigenvalue weighted by molar-refractivity contribution is -0.133.